The van der Waals surface area contributed by atoms with Gasteiger partial charge in [0.25, 0.3) is 0 Å². The van der Waals surface area contributed by atoms with Crippen molar-refractivity contribution in [3.8, 4) is 0 Å². The van der Waals surface area contributed by atoms with Gasteiger partial charge in [-0.2, -0.15) is 0 Å². The van der Waals surface area contributed by atoms with Gasteiger partial charge in [0.2, 0.25) is 0 Å². The van der Waals surface area contributed by atoms with Crippen LogP contribution in [-0.2, 0) is 4.74 Å². The van der Waals surface area contributed by atoms with Crippen LogP contribution < -0.4 is 5.32 Å². The van der Waals surface area contributed by atoms with Crippen LogP contribution >= 0.6 is 23.2 Å². The zero-order valence-electron chi connectivity index (χ0n) is 12.5. The van der Waals surface area contributed by atoms with Crippen molar-refractivity contribution in [2.24, 2.45) is 11.8 Å². The van der Waals surface area contributed by atoms with Crippen LogP contribution in [0.2, 0.25) is 10.0 Å². The zero-order valence-corrected chi connectivity index (χ0v) is 14.0. The summed E-state index contributed by atoms with van der Waals surface area (Å²) in [5.41, 5.74) is 1.07. The summed E-state index contributed by atoms with van der Waals surface area (Å²) in [5.74, 6) is 0.866. The molecule has 1 aliphatic rings. The maximum Gasteiger partial charge on any atom is 0.0640 e. The molecule has 1 aliphatic heterocycles. The summed E-state index contributed by atoms with van der Waals surface area (Å²) in [5, 5.41) is 4.83. The Kier molecular flexibility index (Phi) is 5.36. The Morgan fingerprint density at radius 1 is 1.20 bits per heavy atom. The molecule has 2 rings (SSSR count). The lowest BCUT2D eigenvalue weighted by atomic mass is 9.80. The van der Waals surface area contributed by atoms with Gasteiger partial charge in [-0.05, 0) is 37.9 Å². The third-order valence-corrected chi connectivity index (χ3v) is 5.28. The van der Waals surface area contributed by atoms with E-state index in [9.17, 15) is 0 Å². The van der Waals surface area contributed by atoms with E-state index in [0.717, 1.165) is 12.1 Å². The summed E-state index contributed by atoms with van der Waals surface area (Å²) in [4.78, 5) is 0. The van der Waals surface area contributed by atoms with Crippen LogP contribution in [0.1, 0.15) is 39.3 Å². The minimum atomic E-state index is 0.168. The molecule has 0 saturated carbocycles. The Morgan fingerprint density at radius 3 is 2.45 bits per heavy atom. The normalized spacial score (nSPS) is 31.5. The Hall–Kier alpha value is -0.280. The first-order chi connectivity index (χ1) is 9.47. The van der Waals surface area contributed by atoms with Crippen LogP contribution in [0.4, 0.5) is 0 Å². The number of ether oxygens (including phenoxy) is 1. The van der Waals surface area contributed by atoms with Gasteiger partial charge in [0.15, 0.2) is 0 Å². The summed E-state index contributed by atoms with van der Waals surface area (Å²) in [6, 6.07) is 6.02. The first-order valence-corrected chi connectivity index (χ1v) is 8.05. The second kappa shape index (κ2) is 6.65. The number of benzene rings is 1. The largest absolute Gasteiger partial charge is 0.375 e. The van der Waals surface area contributed by atoms with Gasteiger partial charge >= 0.3 is 0 Å². The predicted molar refractivity (Wildman–Crippen MR) is 85.5 cm³/mol. The van der Waals surface area contributed by atoms with Gasteiger partial charge in [0.05, 0.1) is 22.3 Å². The van der Waals surface area contributed by atoms with Crippen LogP contribution in [0.3, 0.4) is 0 Å². The average Bonchev–Trinajstić information content (AvgIpc) is 2.65. The molecule has 4 heteroatoms. The van der Waals surface area contributed by atoms with E-state index in [2.05, 4.69) is 39.1 Å². The lowest BCUT2D eigenvalue weighted by molar-refractivity contribution is 0.0476. The Bertz CT molecular complexity index is 466. The second-order valence-corrected chi connectivity index (χ2v) is 6.45. The summed E-state index contributed by atoms with van der Waals surface area (Å²) >= 11 is 12.6. The number of rotatable bonds is 4. The Balaban J connectivity index is 2.38. The van der Waals surface area contributed by atoms with Gasteiger partial charge in [-0.1, -0.05) is 49.2 Å². The van der Waals surface area contributed by atoms with E-state index in [1.165, 1.54) is 0 Å². The molecule has 0 aromatic heterocycles. The van der Waals surface area contributed by atoms with Crippen LogP contribution in [0.5, 0.6) is 0 Å². The van der Waals surface area contributed by atoms with Crippen LogP contribution in [0.15, 0.2) is 18.2 Å². The van der Waals surface area contributed by atoms with Crippen molar-refractivity contribution < 1.29 is 4.74 Å². The highest BCUT2D eigenvalue weighted by atomic mass is 35.5. The van der Waals surface area contributed by atoms with Crippen molar-refractivity contribution in [3.63, 3.8) is 0 Å². The molecule has 112 valence electrons. The third kappa shape index (κ3) is 2.99. The summed E-state index contributed by atoms with van der Waals surface area (Å²) < 4.78 is 5.99. The van der Waals surface area contributed by atoms with E-state index < -0.39 is 0 Å². The average molecular weight is 316 g/mol. The monoisotopic (exact) mass is 315 g/mol. The SMILES string of the molecule is CCNC(c1cccc(Cl)c1Cl)C1C(C)OC(C)C1C. The molecule has 0 spiro atoms. The maximum absolute atomic E-state index is 6.42. The fourth-order valence-electron chi connectivity index (χ4n) is 3.30. The molecule has 1 saturated heterocycles. The van der Waals surface area contributed by atoms with E-state index in [0.29, 0.717) is 21.9 Å². The van der Waals surface area contributed by atoms with Crippen molar-refractivity contribution >= 4 is 23.2 Å². The van der Waals surface area contributed by atoms with Crippen LogP contribution in [0, 0.1) is 11.8 Å². The molecule has 0 radical (unpaired) electrons. The standard InChI is InChI=1S/C16H23Cl2NO/c1-5-19-16(12-7-6-8-13(17)15(12)18)14-9(2)10(3)20-11(14)4/h6-11,14,16,19H,5H2,1-4H3. The molecule has 20 heavy (non-hydrogen) atoms. The summed E-state index contributed by atoms with van der Waals surface area (Å²) in [6.07, 6.45) is 0.480. The van der Waals surface area contributed by atoms with Gasteiger partial charge in [-0.25, -0.2) is 0 Å². The molecule has 1 fully saturated rings. The van der Waals surface area contributed by atoms with Gasteiger partial charge < -0.3 is 10.1 Å². The molecular weight excluding hydrogens is 293 g/mol. The minimum absolute atomic E-state index is 0.168. The molecular formula is C16H23Cl2NO. The number of nitrogens with one attached hydrogen (secondary N) is 1. The van der Waals surface area contributed by atoms with Crippen LogP contribution in [0.25, 0.3) is 0 Å². The molecule has 5 atom stereocenters. The van der Waals surface area contributed by atoms with Gasteiger partial charge in [-0.3, -0.25) is 0 Å². The lowest BCUT2D eigenvalue weighted by Gasteiger charge is -2.31. The molecule has 0 aliphatic carbocycles. The van der Waals surface area contributed by atoms with E-state index in [1.807, 2.05) is 12.1 Å². The van der Waals surface area contributed by atoms with E-state index in [-0.39, 0.29) is 18.2 Å². The molecule has 5 unspecified atom stereocenters. The molecule has 1 aromatic carbocycles. The van der Waals surface area contributed by atoms with Crippen molar-refractivity contribution in [1.29, 1.82) is 0 Å². The molecule has 2 nitrogen and oxygen atoms in total. The number of halogens is 2. The van der Waals surface area contributed by atoms with Crippen LogP contribution in [-0.4, -0.2) is 18.8 Å². The van der Waals surface area contributed by atoms with Crippen molar-refractivity contribution in [2.45, 2.75) is 45.9 Å². The van der Waals surface area contributed by atoms with Gasteiger partial charge in [0, 0.05) is 12.0 Å². The van der Waals surface area contributed by atoms with E-state index >= 15 is 0 Å². The molecule has 1 aromatic rings. The first-order valence-electron chi connectivity index (χ1n) is 7.30. The number of hydrogen-bond acceptors (Lipinski definition) is 2. The Labute approximate surface area is 131 Å². The molecule has 1 heterocycles. The fourth-order valence-corrected chi connectivity index (χ4v) is 3.73. The van der Waals surface area contributed by atoms with E-state index in [1.54, 1.807) is 0 Å². The van der Waals surface area contributed by atoms with Crippen molar-refractivity contribution in [1.82, 2.24) is 5.32 Å². The third-order valence-electron chi connectivity index (χ3n) is 4.44. The number of hydrogen-bond donors (Lipinski definition) is 1. The second-order valence-electron chi connectivity index (χ2n) is 5.66. The lowest BCUT2D eigenvalue weighted by Crippen LogP contribution is -2.35. The smallest absolute Gasteiger partial charge is 0.0640 e. The quantitative estimate of drug-likeness (QED) is 0.869. The predicted octanol–water partition coefficient (Wildman–Crippen LogP) is 4.70. The molecule has 0 amide bonds. The highest BCUT2D eigenvalue weighted by Crippen LogP contribution is 2.43. The Morgan fingerprint density at radius 2 is 1.90 bits per heavy atom. The highest BCUT2D eigenvalue weighted by Gasteiger charge is 2.42. The van der Waals surface area contributed by atoms with Gasteiger partial charge in [0.1, 0.15) is 0 Å². The van der Waals surface area contributed by atoms with Gasteiger partial charge in [-0.15, -0.1) is 0 Å². The molecule has 0 bridgehead atoms. The fraction of sp³-hybridized carbons (Fsp3) is 0.625. The first kappa shape index (κ1) is 16.1. The van der Waals surface area contributed by atoms with Crippen molar-refractivity contribution in [2.75, 3.05) is 6.54 Å². The maximum atomic E-state index is 6.42. The zero-order chi connectivity index (χ0) is 14.9. The van der Waals surface area contributed by atoms with Crippen molar-refractivity contribution in [3.05, 3.63) is 33.8 Å². The summed E-state index contributed by atoms with van der Waals surface area (Å²) in [6.45, 7) is 9.54. The highest BCUT2D eigenvalue weighted by molar-refractivity contribution is 6.42. The van der Waals surface area contributed by atoms with E-state index in [4.69, 9.17) is 27.9 Å². The minimum Gasteiger partial charge on any atom is -0.375 e. The topological polar surface area (TPSA) is 21.3 Å². The summed E-state index contributed by atoms with van der Waals surface area (Å²) in [7, 11) is 0. The molecule has 1 N–H and O–H groups in total.